The predicted octanol–water partition coefficient (Wildman–Crippen LogP) is 2.14. The molecule has 0 fully saturated rings. The van der Waals surface area contributed by atoms with Gasteiger partial charge in [0, 0.05) is 18.2 Å². The van der Waals surface area contributed by atoms with Gasteiger partial charge in [-0.15, -0.1) is 11.3 Å². The Bertz CT molecular complexity index is 286. The summed E-state index contributed by atoms with van der Waals surface area (Å²) in [5, 5.41) is 5.17. The van der Waals surface area contributed by atoms with Crippen LogP contribution in [0.4, 0.5) is 5.13 Å². The minimum Gasteiger partial charge on any atom is -0.381 e. The van der Waals surface area contributed by atoms with Gasteiger partial charge < -0.3 is 10.1 Å². The molecule has 5 heteroatoms. The molecular weight excluding hydrogens is 212 g/mol. The lowest BCUT2D eigenvalue weighted by molar-refractivity contribution is -0.117. The van der Waals surface area contributed by atoms with Crippen molar-refractivity contribution in [3.05, 3.63) is 11.6 Å². The third-order valence-electron chi connectivity index (χ3n) is 1.60. The zero-order valence-corrected chi connectivity index (χ0v) is 9.84. The number of nitrogens with one attached hydrogen (secondary N) is 1. The SMILES string of the molecule is CC(C)COCCC(=O)Nc1nccs1. The largest absolute Gasteiger partial charge is 0.381 e. The van der Waals surface area contributed by atoms with Gasteiger partial charge in [-0.05, 0) is 5.92 Å². The van der Waals surface area contributed by atoms with Crippen LogP contribution in [-0.4, -0.2) is 24.1 Å². The summed E-state index contributed by atoms with van der Waals surface area (Å²) in [5.41, 5.74) is 0. The quantitative estimate of drug-likeness (QED) is 0.759. The number of thiazole rings is 1. The number of amides is 1. The number of aromatic nitrogens is 1. The number of carbonyl (C=O) groups is 1. The fourth-order valence-electron chi connectivity index (χ4n) is 0.951. The van der Waals surface area contributed by atoms with Gasteiger partial charge in [-0.2, -0.15) is 0 Å². The Kier molecular flexibility index (Phi) is 5.28. The minimum atomic E-state index is -0.0475. The zero-order chi connectivity index (χ0) is 11.1. The fraction of sp³-hybridized carbons (Fsp3) is 0.600. The average Bonchev–Trinajstić information content (AvgIpc) is 2.64. The number of ether oxygens (including phenoxy) is 1. The van der Waals surface area contributed by atoms with Crippen molar-refractivity contribution in [2.75, 3.05) is 18.5 Å². The third kappa shape index (κ3) is 5.49. The molecule has 0 aliphatic heterocycles. The molecule has 1 heterocycles. The Labute approximate surface area is 93.7 Å². The molecule has 0 saturated carbocycles. The highest BCUT2D eigenvalue weighted by molar-refractivity contribution is 7.13. The molecular formula is C10H16N2O2S. The fourth-order valence-corrected chi connectivity index (χ4v) is 1.50. The van der Waals surface area contributed by atoms with E-state index in [1.807, 2.05) is 5.38 Å². The number of carbonyl (C=O) groups excluding carboxylic acids is 1. The molecule has 1 amide bonds. The maximum atomic E-state index is 11.3. The van der Waals surface area contributed by atoms with Gasteiger partial charge in [0.15, 0.2) is 5.13 Å². The maximum Gasteiger partial charge on any atom is 0.228 e. The van der Waals surface area contributed by atoms with Crippen LogP contribution in [0.1, 0.15) is 20.3 Å². The molecule has 1 aromatic heterocycles. The van der Waals surface area contributed by atoms with E-state index in [4.69, 9.17) is 4.74 Å². The van der Waals surface area contributed by atoms with Crippen molar-refractivity contribution in [3.8, 4) is 0 Å². The summed E-state index contributed by atoms with van der Waals surface area (Å²) in [6, 6.07) is 0. The van der Waals surface area contributed by atoms with Gasteiger partial charge in [-0.3, -0.25) is 4.79 Å². The molecule has 4 nitrogen and oxygen atoms in total. The molecule has 1 aromatic rings. The number of rotatable bonds is 6. The van der Waals surface area contributed by atoms with E-state index in [2.05, 4.69) is 24.1 Å². The first kappa shape index (κ1) is 12.1. The van der Waals surface area contributed by atoms with Crippen molar-refractivity contribution in [3.63, 3.8) is 0 Å². The lowest BCUT2D eigenvalue weighted by atomic mass is 10.2. The van der Waals surface area contributed by atoms with Crippen LogP contribution >= 0.6 is 11.3 Å². The first-order valence-corrected chi connectivity index (χ1v) is 5.83. The van der Waals surface area contributed by atoms with Crippen LogP contribution in [0.25, 0.3) is 0 Å². The molecule has 0 aromatic carbocycles. The molecule has 0 unspecified atom stereocenters. The first-order valence-electron chi connectivity index (χ1n) is 4.95. The first-order chi connectivity index (χ1) is 7.18. The maximum absolute atomic E-state index is 11.3. The summed E-state index contributed by atoms with van der Waals surface area (Å²) < 4.78 is 5.31. The summed E-state index contributed by atoms with van der Waals surface area (Å²) in [7, 11) is 0. The topological polar surface area (TPSA) is 51.2 Å². The van der Waals surface area contributed by atoms with Gasteiger partial charge in [-0.25, -0.2) is 4.98 Å². The van der Waals surface area contributed by atoms with Crippen LogP contribution in [-0.2, 0) is 9.53 Å². The standard InChI is InChI=1S/C10H16N2O2S/c1-8(2)7-14-5-3-9(13)12-10-11-4-6-15-10/h4,6,8H,3,5,7H2,1-2H3,(H,11,12,13). The molecule has 15 heavy (non-hydrogen) atoms. The van der Waals surface area contributed by atoms with Crippen LogP contribution in [0.2, 0.25) is 0 Å². The minimum absolute atomic E-state index is 0.0475. The highest BCUT2D eigenvalue weighted by atomic mass is 32.1. The van der Waals surface area contributed by atoms with Crippen LogP contribution in [0, 0.1) is 5.92 Å². The second kappa shape index (κ2) is 6.53. The Balaban J connectivity index is 2.09. The number of anilines is 1. The molecule has 0 radical (unpaired) electrons. The van der Waals surface area contributed by atoms with Gasteiger partial charge in [0.05, 0.1) is 13.0 Å². The number of hydrogen-bond donors (Lipinski definition) is 1. The number of hydrogen-bond acceptors (Lipinski definition) is 4. The zero-order valence-electron chi connectivity index (χ0n) is 9.03. The normalized spacial score (nSPS) is 10.6. The smallest absolute Gasteiger partial charge is 0.228 e. The highest BCUT2D eigenvalue weighted by Crippen LogP contribution is 2.10. The molecule has 0 spiro atoms. The average molecular weight is 228 g/mol. The monoisotopic (exact) mass is 228 g/mol. The molecule has 1 N–H and O–H groups in total. The number of nitrogens with zero attached hydrogens (tertiary/aromatic N) is 1. The molecule has 0 atom stereocenters. The third-order valence-corrected chi connectivity index (χ3v) is 2.29. The molecule has 84 valence electrons. The van der Waals surface area contributed by atoms with Crippen molar-refractivity contribution in [1.82, 2.24) is 4.98 Å². The van der Waals surface area contributed by atoms with E-state index >= 15 is 0 Å². The van der Waals surface area contributed by atoms with E-state index in [1.165, 1.54) is 11.3 Å². The summed E-state index contributed by atoms with van der Waals surface area (Å²) in [4.78, 5) is 15.3. The Morgan fingerprint density at radius 2 is 2.47 bits per heavy atom. The molecule has 1 rings (SSSR count). The summed E-state index contributed by atoms with van der Waals surface area (Å²) in [5.74, 6) is 0.459. The van der Waals surface area contributed by atoms with Crippen LogP contribution < -0.4 is 5.32 Å². The van der Waals surface area contributed by atoms with E-state index in [0.29, 0.717) is 30.7 Å². The van der Waals surface area contributed by atoms with E-state index in [-0.39, 0.29) is 5.91 Å². The lowest BCUT2D eigenvalue weighted by Crippen LogP contribution is -2.15. The van der Waals surface area contributed by atoms with Gasteiger partial charge in [0.25, 0.3) is 0 Å². The van der Waals surface area contributed by atoms with Crippen molar-refractivity contribution in [1.29, 1.82) is 0 Å². The van der Waals surface area contributed by atoms with Crippen LogP contribution in [0.5, 0.6) is 0 Å². The summed E-state index contributed by atoms with van der Waals surface area (Å²) in [6.07, 6.45) is 2.04. The second-order valence-corrected chi connectivity index (χ2v) is 4.50. The summed E-state index contributed by atoms with van der Waals surface area (Å²) >= 11 is 1.41. The second-order valence-electron chi connectivity index (χ2n) is 3.60. The van der Waals surface area contributed by atoms with Gasteiger partial charge in [0.1, 0.15) is 0 Å². The van der Waals surface area contributed by atoms with E-state index < -0.39 is 0 Å². The van der Waals surface area contributed by atoms with Gasteiger partial charge in [0.2, 0.25) is 5.91 Å². The molecule has 0 bridgehead atoms. The Hall–Kier alpha value is -0.940. The van der Waals surface area contributed by atoms with Crippen molar-refractivity contribution >= 4 is 22.4 Å². The van der Waals surface area contributed by atoms with Crippen molar-refractivity contribution in [2.45, 2.75) is 20.3 Å². The molecule has 0 aliphatic carbocycles. The van der Waals surface area contributed by atoms with Gasteiger partial charge in [-0.1, -0.05) is 13.8 Å². The van der Waals surface area contributed by atoms with E-state index in [1.54, 1.807) is 6.20 Å². The molecule has 0 aliphatic rings. The highest BCUT2D eigenvalue weighted by Gasteiger charge is 2.03. The Morgan fingerprint density at radius 1 is 1.67 bits per heavy atom. The Morgan fingerprint density at radius 3 is 3.07 bits per heavy atom. The van der Waals surface area contributed by atoms with Crippen LogP contribution in [0.15, 0.2) is 11.6 Å². The predicted molar refractivity (Wildman–Crippen MR) is 61.0 cm³/mol. The van der Waals surface area contributed by atoms with Crippen molar-refractivity contribution in [2.24, 2.45) is 5.92 Å². The van der Waals surface area contributed by atoms with Crippen LogP contribution in [0.3, 0.4) is 0 Å². The molecule has 0 saturated heterocycles. The van der Waals surface area contributed by atoms with E-state index in [0.717, 1.165) is 0 Å². The van der Waals surface area contributed by atoms with E-state index in [9.17, 15) is 4.79 Å². The lowest BCUT2D eigenvalue weighted by Gasteiger charge is -2.06. The van der Waals surface area contributed by atoms with Gasteiger partial charge >= 0.3 is 0 Å². The van der Waals surface area contributed by atoms with Crippen molar-refractivity contribution < 1.29 is 9.53 Å². The summed E-state index contributed by atoms with van der Waals surface area (Å²) in [6.45, 7) is 5.32.